The second-order valence-corrected chi connectivity index (χ2v) is 10.0. The van der Waals surface area contributed by atoms with Gasteiger partial charge in [0.1, 0.15) is 0 Å². The van der Waals surface area contributed by atoms with E-state index in [9.17, 15) is 9.90 Å². The largest absolute Gasteiger partial charge is 0.478 e. The topological polar surface area (TPSA) is 65.8 Å². The second-order valence-electron chi connectivity index (χ2n) is 8.66. The fourth-order valence-corrected chi connectivity index (χ4v) is 4.95. The first kappa shape index (κ1) is 27.6. The Labute approximate surface area is 241 Å². The summed E-state index contributed by atoms with van der Waals surface area (Å²) in [6, 6.07) is 23.0. The molecule has 0 saturated heterocycles. The molecule has 0 spiro atoms. The number of aromatic nitrogens is 1. The number of benzene rings is 3. The van der Waals surface area contributed by atoms with E-state index in [0.29, 0.717) is 24.7 Å². The van der Waals surface area contributed by atoms with Crippen molar-refractivity contribution in [3.63, 3.8) is 0 Å². The lowest BCUT2D eigenvalue weighted by Gasteiger charge is -2.25. The van der Waals surface area contributed by atoms with Gasteiger partial charge in [-0.05, 0) is 71.3 Å². The van der Waals surface area contributed by atoms with Gasteiger partial charge in [-0.15, -0.1) is 12.4 Å². The van der Waals surface area contributed by atoms with Gasteiger partial charge in [0.05, 0.1) is 17.8 Å². The summed E-state index contributed by atoms with van der Waals surface area (Å²) in [5.74, 6) is -0.931. The van der Waals surface area contributed by atoms with Gasteiger partial charge in [0, 0.05) is 51.8 Å². The number of benzodiazepines with no additional fused rings is 1. The monoisotopic (exact) mass is 607 g/mol. The number of hydrogen-bond acceptors (Lipinski definition) is 4. The first-order valence-electron chi connectivity index (χ1n) is 11.8. The molecule has 192 valence electrons. The minimum absolute atomic E-state index is 0. The van der Waals surface area contributed by atoms with Crippen LogP contribution in [0.25, 0.3) is 17.2 Å². The molecule has 2 heterocycles. The fourth-order valence-electron chi connectivity index (χ4n) is 4.39. The summed E-state index contributed by atoms with van der Waals surface area (Å²) in [6.45, 7) is 1.95. The molecule has 1 aliphatic heterocycles. The smallest absolute Gasteiger partial charge is 0.335 e. The van der Waals surface area contributed by atoms with Crippen LogP contribution in [0.1, 0.15) is 27.0 Å². The molecule has 1 aliphatic rings. The van der Waals surface area contributed by atoms with Gasteiger partial charge in [0.25, 0.3) is 0 Å². The van der Waals surface area contributed by atoms with E-state index < -0.39 is 5.97 Å². The molecule has 1 N–H and O–H groups in total. The number of aromatic carboxylic acids is 1. The summed E-state index contributed by atoms with van der Waals surface area (Å²) in [7, 11) is 0. The van der Waals surface area contributed by atoms with Crippen molar-refractivity contribution in [1.29, 1.82) is 0 Å². The Balaban J connectivity index is 0.00000336. The van der Waals surface area contributed by atoms with Crippen molar-refractivity contribution in [1.82, 2.24) is 4.98 Å². The Morgan fingerprint density at radius 3 is 2.61 bits per heavy atom. The van der Waals surface area contributed by atoms with Gasteiger partial charge in [0.2, 0.25) is 0 Å². The fraction of sp³-hybridized carbons (Fsp3) is 0.100. The number of halogens is 3. The Bertz CT molecular complexity index is 1520. The van der Waals surface area contributed by atoms with Crippen molar-refractivity contribution in [2.24, 2.45) is 4.99 Å². The molecule has 3 aromatic carbocycles. The van der Waals surface area contributed by atoms with E-state index in [1.807, 2.05) is 60.8 Å². The van der Waals surface area contributed by atoms with Crippen molar-refractivity contribution in [3.05, 3.63) is 123 Å². The predicted molar refractivity (Wildman–Crippen MR) is 161 cm³/mol. The van der Waals surface area contributed by atoms with Crippen LogP contribution < -0.4 is 4.90 Å². The molecule has 0 radical (unpaired) electrons. The lowest BCUT2D eigenvalue weighted by Crippen LogP contribution is -2.25. The summed E-state index contributed by atoms with van der Waals surface area (Å²) in [5, 5.41) is 9.85. The third-order valence-electron chi connectivity index (χ3n) is 6.21. The summed E-state index contributed by atoms with van der Waals surface area (Å²) >= 11 is 9.98. The van der Waals surface area contributed by atoms with Crippen LogP contribution in [-0.2, 0) is 6.54 Å². The zero-order valence-electron chi connectivity index (χ0n) is 20.2. The lowest BCUT2D eigenvalue weighted by atomic mass is 10.00. The van der Waals surface area contributed by atoms with Crippen LogP contribution in [0.4, 0.5) is 5.69 Å². The predicted octanol–water partition coefficient (Wildman–Crippen LogP) is 7.81. The number of fused-ring (bicyclic) bond motifs is 1. The molecule has 0 bridgehead atoms. The van der Waals surface area contributed by atoms with Gasteiger partial charge in [-0.1, -0.05) is 57.9 Å². The molecule has 0 fully saturated rings. The Kier molecular flexibility index (Phi) is 9.00. The molecule has 1 aromatic heterocycles. The van der Waals surface area contributed by atoms with Gasteiger partial charge in [-0.3, -0.25) is 9.98 Å². The van der Waals surface area contributed by atoms with Gasteiger partial charge in [-0.2, -0.15) is 0 Å². The van der Waals surface area contributed by atoms with Crippen molar-refractivity contribution in [3.8, 4) is 11.1 Å². The maximum Gasteiger partial charge on any atom is 0.335 e. The summed E-state index contributed by atoms with van der Waals surface area (Å²) in [4.78, 5) is 22.7. The standard InChI is InChI=1S/C30H23BrClN3O2.ClH/c31-24-3-1-2-22(16-24)26-12-13-33-18-23(26)8-11-28-27-10-9-25(32)17-29(27)35(15-14-34-28)19-20-4-6-21(7-5-20)30(36)37;/h1-13,16-18H,14-15,19H2,(H,36,37);1H/b11-8+;. The maximum absolute atomic E-state index is 11.2. The first-order chi connectivity index (χ1) is 18.0. The maximum atomic E-state index is 11.2. The Morgan fingerprint density at radius 1 is 1.03 bits per heavy atom. The number of nitrogens with zero attached hydrogens (tertiary/aromatic N) is 3. The molecular formula is C30H24BrCl2N3O2. The van der Waals surface area contributed by atoms with E-state index in [4.69, 9.17) is 16.6 Å². The molecule has 0 atom stereocenters. The SMILES string of the molecule is Cl.O=C(O)c1ccc(CN2CCN=C(/C=C/c3cnccc3-c3cccc(Br)c3)c3ccc(Cl)cc32)cc1. The third kappa shape index (κ3) is 6.33. The van der Waals surface area contributed by atoms with E-state index in [1.54, 1.807) is 18.3 Å². The highest BCUT2D eigenvalue weighted by atomic mass is 79.9. The first-order valence-corrected chi connectivity index (χ1v) is 12.9. The van der Waals surface area contributed by atoms with E-state index in [2.05, 4.69) is 44.0 Å². The highest BCUT2D eigenvalue weighted by Crippen LogP contribution is 2.31. The van der Waals surface area contributed by atoms with Crippen LogP contribution >= 0.6 is 39.9 Å². The van der Waals surface area contributed by atoms with E-state index in [1.165, 1.54) is 0 Å². The number of pyridine rings is 1. The molecule has 4 aromatic rings. The normalized spacial score (nSPS) is 12.9. The number of allylic oxidation sites excluding steroid dienone is 1. The highest BCUT2D eigenvalue weighted by Gasteiger charge is 2.19. The zero-order chi connectivity index (χ0) is 25.8. The molecule has 38 heavy (non-hydrogen) atoms. The number of carboxylic acids is 1. The van der Waals surface area contributed by atoms with E-state index in [0.717, 1.165) is 43.7 Å². The van der Waals surface area contributed by atoms with E-state index >= 15 is 0 Å². The van der Waals surface area contributed by atoms with Crippen molar-refractivity contribution in [2.45, 2.75) is 6.54 Å². The minimum atomic E-state index is -0.931. The summed E-state index contributed by atoms with van der Waals surface area (Å²) in [6.07, 6.45) is 7.76. The number of hydrogen-bond donors (Lipinski definition) is 1. The van der Waals surface area contributed by atoms with Crippen molar-refractivity contribution in [2.75, 3.05) is 18.0 Å². The number of carbonyl (C=O) groups is 1. The van der Waals surface area contributed by atoms with Crippen LogP contribution in [0, 0.1) is 0 Å². The zero-order valence-corrected chi connectivity index (χ0v) is 23.4. The van der Waals surface area contributed by atoms with Crippen LogP contribution in [0.5, 0.6) is 0 Å². The summed E-state index contributed by atoms with van der Waals surface area (Å²) < 4.78 is 1.02. The van der Waals surface area contributed by atoms with Gasteiger partial charge < -0.3 is 10.0 Å². The summed E-state index contributed by atoms with van der Waals surface area (Å²) in [5.41, 5.74) is 7.34. The van der Waals surface area contributed by atoms with Crippen LogP contribution in [0.3, 0.4) is 0 Å². The lowest BCUT2D eigenvalue weighted by molar-refractivity contribution is 0.0697. The van der Waals surface area contributed by atoms with Gasteiger partial charge in [0.15, 0.2) is 0 Å². The molecule has 5 nitrogen and oxygen atoms in total. The van der Waals surface area contributed by atoms with Gasteiger partial charge >= 0.3 is 5.97 Å². The molecule has 0 amide bonds. The quantitative estimate of drug-likeness (QED) is 0.242. The molecule has 0 unspecified atom stereocenters. The van der Waals surface area contributed by atoms with Crippen molar-refractivity contribution >= 4 is 63.4 Å². The Morgan fingerprint density at radius 2 is 1.84 bits per heavy atom. The third-order valence-corrected chi connectivity index (χ3v) is 6.94. The molecule has 5 rings (SSSR count). The second kappa shape index (κ2) is 12.4. The van der Waals surface area contributed by atoms with Crippen LogP contribution in [-0.4, -0.2) is 34.9 Å². The minimum Gasteiger partial charge on any atom is -0.478 e. The Hall–Kier alpha value is -3.45. The van der Waals surface area contributed by atoms with Gasteiger partial charge in [-0.25, -0.2) is 4.79 Å². The molecular weight excluding hydrogens is 585 g/mol. The highest BCUT2D eigenvalue weighted by molar-refractivity contribution is 9.10. The molecule has 0 saturated carbocycles. The molecule has 0 aliphatic carbocycles. The number of carboxylic acid groups (broad SMARTS) is 1. The van der Waals surface area contributed by atoms with Crippen molar-refractivity contribution < 1.29 is 9.90 Å². The van der Waals surface area contributed by atoms with Crippen LogP contribution in [0.15, 0.2) is 101 Å². The number of rotatable bonds is 6. The average molecular weight is 609 g/mol. The average Bonchev–Trinajstić information content (AvgIpc) is 3.06. The number of anilines is 1. The van der Waals surface area contributed by atoms with Crippen LogP contribution in [0.2, 0.25) is 5.02 Å². The molecule has 8 heteroatoms. The van der Waals surface area contributed by atoms with E-state index in [-0.39, 0.29) is 18.0 Å². The number of aliphatic imine (C=N–C) groups is 1.